The van der Waals surface area contributed by atoms with Gasteiger partial charge in [-0.05, 0) is 13.3 Å². The molecule has 3 rings (SSSR count). The predicted molar refractivity (Wildman–Crippen MR) is 93.7 cm³/mol. The minimum absolute atomic E-state index is 0.0207. The summed E-state index contributed by atoms with van der Waals surface area (Å²) in [7, 11) is 0. The second kappa shape index (κ2) is 7.35. The number of thiazole rings is 1. The van der Waals surface area contributed by atoms with Crippen LogP contribution >= 0.6 is 11.3 Å². The molecule has 0 unspecified atom stereocenters. The van der Waals surface area contributed by atoms with E-state index in [0.717, 1.165) is 29.0 Å². The van der Waals surface area contributed by atoms with E-state index < -0.39 is 0 Å². The maximum Gasteiger partial charge on any atom is 0.270 e. The van der Waals surface area contributed by atoms with Gasteiger partial charge < -0.3 is 9.84 Å². The van der Waals surface area contributed by atoms with Crippen molar-refractivity contribution in [2.75, 3.05) is 5.32 Å². The number of amides is 1. The molecule has 0 saturated carbocycles. The van der Waals surface area contributed by atoms with Gasteiger partial charge in [0.2, 0.25) is 11.7 Å². The molecule has 1 aromatic carbocycles. The molecule has 0 radical (unpaired) electrons. The van der Waals surface area contributed by atoms with Crippen molar-refractivity contribution in [2.45, 2.75) is 33.1 Å². The molecule has 124 valence electrons. The van der Waals surface area contributed by atoms with E-state index in [1.165, 1.54) is 11.3 Å². The monoisotopic (exact) mass is 342 g/mol. The zero-order valence-electron chi connectivity index (χ0n) is 13.6. The van der Waals surface area contributed by atoms with E-state index in [1.807, 2.05) is 37.3 Å². The molecule has 1 amide bonds. The van der Waals surface area contributed by atoms with Crippen molar-refractivity contribution in [3.8, 4) is 22.2 Å². The van der Waals surface area contributed by atoms with Crippen LogP contribution in [-0.2, 0) is 4.79 Å². The molecule has 0 fully saturated rings. The lowest BCUT2D eigenvalue weighted by atomic mass is 10.2. The molecule has 1 N–H and O–H groups in total. The number of carbonyl (C=O) groups excluding carboxylic acids is 1. The van der Waals surface area contributed by atoms with E-state index in [4.69, 9.17) is 4.52 Å². The summed E-state index contributed by atoms with van der Waals surface area (Å²) in [6.45, 7) is 3.92. The maximum absolute atomic E-state index is 11.8. The number of rotatable bonds is 6. The Morgan fingerprint density at radius 1 is 1.25 bits per heavy atom. The smallest absolute Gasteiger partial charge is 0.270 e. The van der Waals surface area contributed by atoms with E-state index in [0.29, 0.717) is 23.3 Å². The van der Waals surface area contributed by atoms with Gasteiger partial charge in [0.25, 0.3) is 5.89 Å². The third-order valence-electron chi connectivity index (χ3n) is 3.45. The Kier molecular flexibility index (Phi) is 5.00. The molecule has 0 saturated heterocycles. The molecule has 0 aliphatic carbocycles. The van der Waals surface area contributed by atoms with Crippen LogP contribution in [0.3, 0.4) is 0 Å². The van der Waals surface area contributed by atoms with Crippen LogP contribution in [0.2, 0.25) is 0 Å². The summed E-state index contributed by atoms with van der Waals surface area (Å²) in [6.07, 6.45) is 2.36. The van der Waals surface area contributed by atoms with Crippen molar-refractivity contribution in [2.24, 2.45) is 0 Å². The Labute approximate surface area is 143 Å². The average Bonchev–Trinajstić information content (AvgIpc) is 3.20. The van der Waals surface area contributed by atoms with Gasteiger partial charge in [-0.3, -0.25) is 4.79 Å². The summed E-state index contributed by atoms with van der Waals surface area (Å²) in [4.78, 5) is 21.4. The molecule has 3 aromatic rings. The van der Waals surface area contributed by atoms with Gasteiger partial charge in [0, 0.05) is 12.0 Å². The second-order valence-corrected chi connectivity index (χ2v) is 6.37. The zero-order chi connectivity index (χ0) is 16.9. The third-order valence-corrected chi connectivity index (χ3v) is 4.51. The molecule has 7 heteroatoms. The van der Waals surface area contributed by atoms with Crippen LogP contribution in [0.4, 0.5) is 5.13 Å². The van der Waals surface area contributed by atoms with Crippen LogP contribution in [0.5, 0.6) is 0 Å². The topological polar surface area (TPSA) is 80.9 Å². The number of aromatic nitrogens is 3. The largest absolute Gasteiger partial charge is 0.333 e. The Hall–Kier alpha value is -2.54. The lowest BCUT2D eigenvalue weighted by molar-refractivity contribution is -0.116. The minimum Gasteiger partial charge on any atom is -0.333 e. The van der Waals surface area contributed by atoms with Gasteiger partial charge in [-0.15, -0.1) is 0 Å². The van der Waals surface area contributed by atoms with E-state index in [9.17, 15) is 4.79 Å². The molecule has 2 aromatic heterocycles. The van der Waals surface area contributed by atoms with Crippen molar-refractivity contribution in [3.63, 3.8) is 0 Å². The summed E-state index contributed by atoms with van der Waals surface area (Å²) < 4.78 is 5.37. The number of hydrogen-bond acceptors (Lipinski definition) is 6. The molecule has 0 aliphatic rings. The van der Waals surface area contributed by atoms with Crippen molar-refractivity contribution < 1.29 is 9.32 Å². The number of benzene rings is 1. The van der Waals surface area contributed by atoms with Crippen LogP contribution in [-0.4, -0.2) is 21.0 Å². The molecule has 6 nitrogen and oxygen atoms in total. The Bertz CT molecular complexity index is 826. The molecular weight excluding hydrogens is 324 g/mol. The molecular formula is C17H18N4O2S. The highest BCUT2D eigenvalue weighted by molar-refractivity contribution is 7.19. The van der Waals surface area contributed by atoms with Gasteiger partial charge in [0.05, 0.1) is 5.69 Å². The second-order valence-electron chi connectivity index (χ2n) is 5.37. The summed E-state index contributed by atoms with van der Waals surface area (Å²) in [6, 6.07) is 9.63. The molecule has 0 spiro atoms. The highest BCUT2D eigenvalue weighted by Crippen LogP contribution is 2.32. The number of unbranched alkanes of at least 4 members (excludes halogenated alkanes) is 1. The fourth-order valence-electron chi connectivity index (χ4n) is 2.19. The highest BCUT2D eigenvalue weighted by Gasteiger charge is 2.18. The van der Waals surface area contributed by atoms with Crippen LogP contribution in [0.15, 0.2) is 34.9 Å². The fraction of sp³-hybridized carbons (Fsp3) is 0.294. The number of nitrogens with one attached hydrogen (secondary N) is 1. The van der Waals surface area contributed by atoms with Gasteiger partial charge in [0.1, 0.15) is 4.88 Å². The van der Waals surface area contributed by atoms with E-state index >= 15 is 0 Å². The van der Waals surface area contributed by atoms with Gasteiger partial charge in [-0.2, -0.15) is 4.98 Å². The molecule has 0 aliphatic heterocycles. The maximum atomic E-state index is 11.8. The van der Waals surface area contributed by atoms with Crippen molar-refractivity contribution >= 4 is 22.4 Å². The number of anilines is 1. The first kappa shape index (κ1) is 16.3. The van der Waals surface area contributed by atoms with Crippen LogP contribution in [0.1, 0.15) is 31.9 Å². The van der Waals surface area contributed by atoms with Gasteiger partial charge >= 0.3 is 0 Å². The SMILES string of the molecule is CCCCC(=O)Nc1nc(C)c(-c2nc(-c3ccccc3)no2)s1. The Balaban J connectivity index is 1.78. The average molecular weight is 342 g/mol. The lowest BCUT2D eigenvalue weighted by Crippen LogP contribution is -2.10. The van der Waals surface area contributed by atoms with Crippen LogP contribution in [0.25, 0.3) is 22.2 Å². The molecule has 0 atom stereocenters. The minimum atomic E-state index is -0.0207. The third kappa shape index (κ3) is 3.68. The standard InChI is InChI=1S/C17H18N4O2S/c1-3-4-10-13(22)19-17-18-11(2)14(24-17)16-20-15(21-23-16)12-8-6-5-7-9-12/h5-9H,3-4,10H2,1-2H3,(H,18,19,22). The van der Waals surface area contributed by atoms with Crippen LogP contribution in [0, 0.1) is 6.92 Å². The first-order chi connectivity index (χ1) is 11.7. The van der Waals surface area contributed by atoms with Gasteiger partial charge in [-0.25, -0.2) is 4.98 Å². The summed E-state index contributed by atoms with van der Waals surface area (Å²) in [5.74, 6) is 0.928. The quantitative estimate of drug-likeness (QED) is 0.722. The summed E-state index contributed by atoms with van der Waals surface area (Å²) >= 11 is 1.34. The van der Waals surface area contributed by atoms with Crippen LogP contribution < -0.4 is 5.32 Å². The van der Waals surface area contributed by atoms with E-state index in [1.54, 1.807) is 0 Å². The van der Waals surface area contributed by atoms with Crippen molar-refractivity contribution in [3.05, 3.63) is 36.0 Å². The van der Waals surface area contributed by atoms with Gasteiger partial charge in [0.15, 0.2) is 5.13 Å². The number of nitrogens with zero attached hydrogens (tertiary/aromatic N) is 3. The van der Waals surface area contributed by atoms with E-state index in [2.05, 4.69) is 27.4 Å². The number of aryl methyl sites for hydroxylation is 1. The lowest BCUT2D eigenvalue weighted by Gasteiger charge is -1.99. The fourth-order valence-corrected chi connectivity index (χ4v) is 3.09. The van der Waals surface area contributed by atoms with Gasteiger partial charge in [-0.1, -0.05) is 60.2 Å². The Morgan fingerprint density at radius 2 is 2.04 bits per heavy atom. The summed E-state index contributed by atoms with van der Waals surface area (Å²) in [5.41, 5.74) is 1.65. The van der Waals surface area contributed by atoms with E-state index in [-0.39, 0.29) is 5.91 Å². The number of carbonyl (C=O) groups is 1. The van der Waals surface area contributed by atoms with Crippen molar-refractivity contribution in [1.82, 2.24) is 15.1 Å². The number of hydrogen-bond donors (Lipinski definition) is 1. The zero-order valence-corrected chi connectivity index (χ0v) is 14.4. The Morgan fingerprint density at radius 3 is 2.79 bits per heavy atom. The molecule has 0 bridgehead atoms. The molecule has 24 heavy (non-hydrogen) atoms. The highest BCUT2D eigenvalue weighted by atomic mass is 32.1. The normalized spacial score (nSPS) is 10.8. The van der Waals surface area contributed by atoms with Crippen molar-refractivity contribution in [1.29, 1.82) is 0 Å². The summed E-state index contributed by atoms with van der Waals surface area (Å²) in [5, 5.41) is 7.40. The molecule has 2 heterocycles. The predicted octanol–water partition coefficient (Wildman–Crippen LogP) is 4.30. The first-order valence-electron chi connectivity index (χ1n) is 7.84. The first-order valence-corrected chi connectivity index (χ1v) is 8.65.